The summed E-state index contributed by atoms with van der Waals surface area (Å²) < 4.78 is 35.1. The van der Waals surface area contributed by atoms with Crippen molar-refractivity contribution in [1.82, 2.24) is 4.72 Å². The molecule has 0 heterocycles. The van der Waals surface area contributed by atoms with Gasteiger partial charge in [0, 0.05) is 5.57 Å². The summed E-state index contributed by atoms with van der Waals surface area (Å²) in [6.45, 7) is 6.01. The molecule has 1 rings (SSSR count). The van der Waals surface area contributed by atoms with Gasteiger partial charge in [-0.2, -0.15) is 0 Å². The molecule has 0 unspecified atom stereocenters. The third-order valence-electron chi connectivity index (χ3n) is 2.50. The molecule has 1 aromatic carbocycles. The summed E-state index contributed by atoms with van der Waals surface area (Å²) in [6.07, 6.45) is -1.14. The molecule has 22 heavy (non-hydrogen) atoms. The predicted molar refractivity (Wildman–Crippen MR) is 78.6 cm³/mol. The van der Waals surface area contributed by atoms with E-state index in [-0.39, 0.29) is 23.7 Å². The molecule has 1 aromatic rings. The zero-order valence-corrected chi connectivity index (χ0v) is 13.1. The highest BCUT2D eigenvalue weighted by Gasteiger charge is 2.20. The summed E-state index contributed by atoms with van der Waals surface area (Å²) >= 11 is 0. The lowest BCUT2D eigenvalue weighted by atomic mass is 10.2. The van der Waals surface area contributed by atoms with Crippen LogP contribution in [0.5, 0.6) is 0 Å². The molecule has 0 aromatic heterocycles. The van der Waals surface area contributed by atoms with E-state index in [0.29, 0.717) is 5.56 Å². The number of ether oxygens (including phenoxy) is 2. The van der Waals surface area contributed by atoms with Gasteiger partial charge < -0.3 is 9.47 Å². The highest BCUT2D eigenvalue weighted by molar-refractivity contribution is 7.90. The van der Waals surface area contributed by atoms with Crippen LogP contribution in [0.1, 0.15) is 12.5 Å². The first-order valence-corrected chi connectivity index (χ1v) is 7.80. The van der Waals surface area contributed by atoms with Crippen molar-refractivity contribution in [2.45, 2.75) is 18.7 Å². The van der Waals surface area contributed by atoms with Crippen molar-refractivity contribution in [3.8, 4) is 0 Å². The molecule has 0 spiro atoms. The van der Waals surface area contributed by atoms with E-state index < -0.39 is 22.1 Å². The fourth-order valence-electron chi connectivity index (χ4n) is 1.44. The minimum atomic E-state index is -4.00. The summed E-state index contributed by atoms with van der Waals surface area (Å²) in [6, 6.07) is 6.21. The van der Waals surface area contributed by atoms with Gasteiger partial charge in [0.2, 0.25) is 0 Å². The summed E-state index contributed by atoms with van der Waals surface area (Å²) in [5.41, 5.74) is 0.713. The Kier molecular flexibility index (Phi) is 6.11. The number of benzene rings is 1. The molecule has 0 saturated heterocycles. The van der Waals surface area contributed by atoms with Gasteiger partial charge >= 0.3 is 12.1 Å². The van der Waals surface area contributed by atoms with Crippen LogP contribution in [-0.2, 0) is 24.3 Å². The molecule has 0 atom stereocenters. The number of aryl methyl sites for hydroxylation is 1. The summed E-state index contributed by atoms with van der Waals surface area (Å²) in [5.74, 6) is -0.614. The first-order chi connectivity index (χ1) is 10.2. The second kappa shape index (κ2) is 7.60. The average molecular weight is 327 g/mol. The van der Waals surface area contributed by atoms with E-state index >= 15 is 0 Å². The number of hydrogen-bond donors (Lipinski definition) is 1. The Labute approximate surface area is 129 Å². The van der Waals surface area contributed by atoms with Gasteiger partial charge in [-0.1, -0.05) is 24.8 Å². The Bertz CT molecular complexity index is 680. The highest BCUT2D eigenvalue weighted by Crippen LogP contribution is 2.13. The van der Waals surface area contributed by atoms with Gasteiger partial charge in [0.05, 0.1) is 4.90 Å². The maximum Gasteiger partial charge on any atom is 0.421 e. The number of esters is 1. The number of amides is 1. The summed E-state index contributed by atoms with van der Waals surface area (Å²) in [7, 11) is -4.00. The van der Waals surface area contributed by atoms with Crippen LogP contribution >= 0.6 is 0 Å². The Morgan fingerprint density at radius 2 is 1.77 bits per heavy atom. The van der Waals surface area contributed by atoms with Gasteiger partial charge in [0.15, 0.2) is 0 Å². The fraction of sp³-hybridized carbons (Fsp3) is 0.286. The Balaban J connectivity index is 2.50. The van der Waals surface area contributed by atoms with Crippen LogP contribution in [-0.4, -0.2) is 33.7 Å². The van der Waals surface area contributed by atoms with Crippen molar-refractivity contribution >= 4 is 22.1 Å². The first kappa shape index (κ1) is 17.7. The second-order valence-corrected chi connectivity index (χ2v) is 6.07. The third-order valence-corrected chi connectivity index (χ3v) is 3.97. The lowest BCUT2D eigenvalue weighted by Crippen LogP contribution is -2.32. The zero-order valence-electron chi connectivity index (χ0n) is 12.3. The van der Waals surface area contributed by atoms with Crippen molar-refractivity contribution in [3.05, 3.63) is 42.0 Å². The molecule has 0 aliphatic heterocycles. The number of carbonyl (C=O) groups excluding carboxylic acids is 2. The quantitative estimate of drug-likeness (QED) is 0.483. The van der Waals surface area contributed by atoms with E-state index in [0.717, 1.165) is 0 Å². The van der Waals surface area contributed by atoms with E-state index in [2.05, 4.69) is 11.3 Å². The van der Waals surface area contributed by atoms with Gasteiger partial charge in [-0.15, -0.1) is 0 Å². The van der Waals surface area contributed by atoms with Crippen LogP contribution in [0.2, 0.25) is 0 Å². The Morgan fingerprint density at radius 3 is 2.36 bits per heavy atom. The van der Waals surface area contributed by atoms with E-state index in [1.165, 1.54) is 13.0 Å². The van der Waals surface area contributed by atoms with Crippen LogP contribution < -0.4 is 4.72 Å². The standard InChI is InChI=1S/C14H17NO6S/c1-10(2)13(16)20-8-9-21-14(17)15-22(18,19)12-7-5-4-6-11(12)3/h4-7H,1,8-9H2,2-3H3,(H,15,17). The summed E-state index contributed by atoms with van der Waals surface area (Å²) in [5, 5.41) is 0. The molecule has 120 valence electrons. The van der Waals surface area contributed by atoms with E-state index in [9.17, 15) is 18.0 Å². The van der Waals surface area contributed by atoms with E-state index in [1.54, 1.807) is 29.8 Å². The van der Waals surface area contributed by atoms with Gasteiger partial charge in [-0.25, -0.2) is 22.7 Å². The van der Waals surface area contributed by atoms with Crippen molar-refractivity contribution in [3.63, 3.8) is 0 Å². The topological polar surface area (TPSA) is 98.8 Å². The van der Waals surface area contributed by atoms with Gasteiger partial charge in [0.1, 0.15) is 13.2 Å². The van der Waals surface area contributed by atoms with Crippen LogP contribution in [0, 0.1) is 6.92 Å². The third kappa shape index (κ3) is 5.21. The maximum absolute atomic E-state index is 12.0. The number of hydrogen-bond acceptors (Lipinski definition) is 6. The first-order valence-electron chi connectivity index (χ1n) is 6.32. The molecular formula is C14H17NO6S. The number of carbonyl (C=O) groups is 2. The van der Waals surface area contributed by atoms with Gasteiger partial charge in [0.25, 0.3) is 10.0 Å². The average Bonchev–Trinajstić information content (AvgIpc) is 2.42. The van der Waals surface area contributed by atoms with E-state index in [4.69, 9.17) is 4.74 Å². The molecule has 0 fully saturated rings. The molecule has 8 heteroatoms. The molecule has 0 saturated carbocycles. The van der Waals surface area contributed by atoms with E-state index in [1.807, 2.05) is 0 Å². The largest absolute Gasteiger partial charge is 0.459 e. The number of nitrogens with one attached hydrogen (secondary N) is 1. The molecule has 7 nitrogen and oxygen atoms in total. The monoisotopic (exact) mass is 327 g/mol. The smallest absolute Gasteiger partial charge is 0.421 e. The Hall–Kier alpha value is -2.35. The van der Waals surface area contributed by atoms with Gasteiger partial charge in [-0.05, 0) is 25.5 Å². The molecule has 0 aliphatic rings. The van der Waals surface area contributed by atoms with Crippen LogP contribution in [0.15, 0.2) is 41.3 Å². The molecule has 1 N–H and O–H groups in total. The molecule has 1 amide bonds. The molecule has 0 aliphatic carbocycles. The molecule has 0 bridgehead atoms. The van der Waals surface area contributed by atoms with Crippen LogP contribution in [0.3, 0.4) is 0 Å². The maximum atomic E-state index is 12.0. The lowest BCUT2D eigenvalue weighted by molar-refractivity contribution is -0.139. The van der Waals surface area contributed by atoms with Crippen LogP contribution in [0.4, 0.5) is 4.79 Å². The van der Waals surface area contributed by atoms with Crippen molar-refractivity contribution < 1.29 is 27.5 Å². The number of rotatable bonds is 6. The highest BCUT2D eigenvalue weighted by atomic mass is 32.2. The lowest BCUT2D eigenvalue weighted by Gasteiger charge is -2.10. The Morgan fingerprint density at radius 1 is 1.18 bits per heavy atom. The van der Waals surface area contributed by atoms with Crippen LogP contribution in [0.25, 0.3) is 0 Å². The van der Waals surface area contributed by atoms with Crippen molar-refractivity contribution in [1.29, 1.82) is 0 Å². The second-order valence-electron chi connectivity index (χ2n) is 4.42. The predicted octanol–water partition coefficient (Wildman–Crippen LogP) is 1.53. The minimum absolute atomic E-state index is 0.0133. The zero-order chi connectivity index (χ0) is 16.8. The van der Waals surface area contributed by atoms with Crippen molar-refractivity contribution in [2.75, 3.05) is 13.2 Å². The summed E-state index contributed by atoms with van der Waals surface area (Å²) in [4.78, 5) is 22.5. The molecular weight excluding hydrogens is 310 g/mol. The SMILES string of the molecule is C=C(C)C(=O)OCCOC(=O)NS(=O)(=O)c1ccccc1C. The number of sulfonamides is 1. The fourth-order valence-corrected chi connectivity index (χ4v) is 2.58. The van der Waals surface area contributed by atoms with Crippen molar-refractivity contribution in [2.24, 2.45) is 0 Å². The van der Waals surface area contributed by atoms with Gasteiger partial charge in [-0.3, -0.25) is 0 Å². The normalized spacial score (nSPS) is 10.6. The minimum Gasteiger partial charge on any atom is -0.459 e. The molecule has 0 radical (unpaired) electrons.